The number of amidine groups is 1. The SMILES string of the molecule is COc1cc(/C=C2\SC(N3N=C(c4ccccc4)C[C@@H]3c3ccc(Cl)cc3)=NC2=O)ccc1O. The van der Waals surface area contributed by atoms with Crippen LogP contribution in [0.3, 0.4) is 0 Å². The molecule has 2 aliphatic heterocycles. The van der Waals surface area contributed by atoms with Gasteiger partial charge >= 0.3 is 0 Å². The third-order valence-corrected chi connectivity index (χ3v) is 6.80. The van der Waals surface area contributed by atoms with Crippen molar-refractivity contribution in [3.63, 3.8) is 0 Å². The lowest BCUT2D eigenvalue weighted by Gasteiger charge is -2.22. The highest BCUT2D eigenvalue weighted by Crippen LogP contribution is 2.40. The minimum atomic E-state index is -0.328. The molecule has 1 amide bonds. The van der Waals surface area contributed by atoms with Gasteiger partial charge in [0.1, 0.15) is 0 Å². The molecule has 6 nitrogen and oxygen atoms in total. The number of hydrogen-bond acceptors (Lipinski definition) is 6. The van der Waals surface area contributed by atoms with Gasteiger partial charge in [0.2, 0.25) is 0 Å². The Balaban J connectivity index is 1.47. The van der Waals surface area contributed by atoms with Gasteiger partial charge in [-0.3, -0.25) is 4.79 Å². The number of amides is 1. The Kier molecular flexibility index (Phi) is 6.13. The van der Waals surface area contributed by atoms with Crippen LogP contribution in [-0.2, 0) is 4.79 Å². The quantitative estimate of drug-likeness (QED) is 0.463. The van der Waals surface area contributed by atoms with E-state index in [2.05, 4.69) is 4.99 Å². The molecule has 0 saturated carbocycles. The molecule has 0 aliphatic carbocycles. The molecule has 5 rings (SSSR count). The third-order valence-electron chi connectivity index (χ3n) is 5.58. The van der Waals surface area contributed by atoms with Gasteiger partial charge in [0.25, 0.3) is 5.91 Å². The van der Waals surface area contributed by atoms with Crippen LogP contribution in [0.1, 0.15) is 29.2 Å². The maximum Gasteiger partial charge on any atom is 0.286 e. The number of rotatable bonds is 4. The summed E-state index contributed by atoms with van der Waals surface area (Å²) in [5.74, 6) is 0.0493. The van der Waals surface area contributed by atoms with Gasteiger partial charge in [-0.05, 0) is 58.8 Å². The molecule has 0 radical (unpaired) electrons. The lowest BCUT2D eigenvalue weighted by Crippen LogP contribution is -2.23. The van der Waals surface area contributed by atoms with Gasteiger partial charge in [-0.2, -0.15) is 10.1 Å². The zero-order chi connectivity index (χ0) is 23.7. The first-order valence-electron chi connectivity index (χ1n) is 10.6. The normalized spacial score (nSPS) is 18.9. The summed E-state index contributed by atoms with van der Waals surface area (Å²) in [4.78, 5) is 17.5. The number of aromatic hydroxyl groups is 1. The molecule has 8 heteroatoms. The molecule has 1 atom stereocenters. The molecule has 3 aromatic rings. The Morgan fingerprint density at radius 1 is 1.12 bits per heavy atom. The number of hydrazone groups is 1. The van der Waals surface area contributed by atoms with E-state index >= 15 is 0 Å². The number of phenols is 1. The zero-order valence-electron chi connectivity index (χ0n) is 18.2. The topological polar surface area (TPSA) is 74.5 Å². The molecule has 1 N–H and O–H groups in total. The number of methoxy groups -OCH3 is 1. The van der Waals surface area contributed by atoms with Crippen molar-refractivity contribution in [2.45, 2.75) is 12.5 Å². The third kappa shape index (κ3) is 4.44. The van der Waals surface area contributed by atoms with Crippen LogP contribution in [0.2, 0.25) is 5.02 Å². The lowest BCUT2D eigenvalue weighted by molar-refractivity contribution is -0.113. The fourth-order valence-electron chi connectivity index (χ4n) is 3.87. The van der Waals surface area contributed by atoms with Crippen LogP contribution in [0.25, 0.3) is 6.08 Å². The summed E-state index contributed by atoms with van der Waals surface area (Å²) >= 11 is 7.38. The molecule has 0 fully saturated rings. The second-order valence-corrected chi connectivity index (χ2v) is 9.22. The largest absolute Gasteiger partial charge is 0.504 e. The number of halogens is 1. The zero-order valence-corrected chi connectivity index (χ0v) is 19.8. The summed E-state index contributed by atoms with van der Waals surface area (Å²) in [7, 11) is 1.48. The highest BCUT2D eigenvalue weighted by atomic mass is 35.5. The number of hydrogen-bond donors (Lipinski definition) is 1. The van der Waals surface area contributed by atoms with Crippen molar-refractivity contribution in [1.82, 2.24) is 5.01 Å². The van der Waals surface area contributed by atoms with Crippen LogP contribution in [0.4, 0.5) is 0 Å². The van der Waals surface area contributed by atoms with Gasteiger partial charge in [-0.25, -0.2) is 5.01 Å². The summed E-state index contributed by atoms with van der Waals surface area (Å²) in [5.41, 5.74) is 3.73. The van der Waals surface area contributed by atoms with Crippen LogP contribution in [0.5, 0.6) is 11.5 Å². The van der Waals surface area contributed by atoms with E-state index in [9.17, 15) is 9.90 Å². The molecular formula is C26H20ClN3O3S. The number of nitrogens with zero attached hydrogens (tertiary/aromatic N) is 3. The second kappa shape index (κ2) is 9.37. The number of phenolic OH excluding ortho intramolecular Hbond substituents is 1. The Hall–Kier alpha value is -3.55. The molecule has 170 valence electrons. The molecule has 0 saturated heterocycles. The minimum Gasteiger partial charge on any atom is -0.504 e. The summed E-state index contributed by atoms with van der Waals surface area (Å²) in [6.07, 6.45) is 2.41. The summed E-state index contributed by atoms with van der Waals surface area (Å²) < 4.78 is 5.17. The number of carbonyl (C=O) groups excluding carboxylic acids is 1. The number of carbonyl (C=O) groups is 1. The monoisotopic (exact) mass is 489 g/mol. The Bertz CT molecular complexity index is 1340. The first kappa shape index (κ1) is 22.3. The fraction of sp³-hybridized carbons (Fsp3) is 0.115. The van der Waals surface area contributed by atoms with Gasteiger partial charge in [-0.1, -0.05) is 60.1 Å². The van der Waals surface area contributed by atoms with Crippen LogP contribution in [-0.4, -0.2) is 34.0 Å². The molecule has 0 bridgehead atoms. The lowest BCUT2D eigenvalue weighted by atomic mass is 9.99. The number of benzene rings is 3. The van der Waals surface area contributed by atoms with Crippen LogP contribution < -0.4 is 4.74 Å². The Labute approximate surface area is 206 Å². The smallest absolute Gasteiger partial charge is 0.286 e. The van der Waals surface area contributed by atoms with Crippen LogP contribution in [0.15, 0.2) is 87.8 Å². The predicted octanol–water partition coefficient (Wildman–Crippen LogP) is 5.88. The molecule has 0 aromatic heterocycles. The van der Waals surface area contributed by atoms with Crippen LogP contribution in [0, 0.1) is 0 Å². The average Bonchev–Trinajstić information content (AvgIpc) is 3.45. The van der Waals surface area contributed by atoms with Gasteiger partial charge in [0.15, 0.2) is 16.7 Å². The van der Waals surface area contributed by atoms with Gasteiger partial charge in [-0.15, -0.1) is 0 Å². The van der Waals surface area contributed by atoms with E-state index in [1.807, 2.05) is 59.6 Å². The van der Waals surface area contributed by atoms with Crippen molar-refractivity contribution >= 4 is 46.2 Å². The van der Waals surface area contributed by atoms with E-state index in [0.717, 1.165) is 22.4 Å². The highest BCUT2D eigenvalue weighted by Gasteiger charge is 2.36. The second-order valence-electron chi connectivity index (χ2n) is 7.77. The average molecular weight is 490 g/mol. The predicted molar refractivity (Wildman–Crippen MR) is 136 cm³/mol. The maximum atomic E-state index is 12.8. The van der Waals surface area contributed by atoms with Crippen molar-refractivity contribution in [3.8, 4) is 11.5 Å². The number of thioether (sulfide) groups is 1. The molecule has 3 aromatic carbocycles. The van der Waals surface area contributed by atoms with Crippen molar-refractivity contribution in [2.75, 3.05) is 7.11 Å². The van der Waals surface area contributed by atoms with Gasteiger partial charge in [0, 0.05) is 11.4 Å². The molecule has 34 heavy (non-hydrogen) atoms. The van der Waals surface area contributed by atoms with Crippen molar-refractivity contribution in [2.24, 2.45) is 10.1 Å². The standard InChI is InChI=1S/C26H20ClN3O3S/c1-33-23-13-16(7-12-22(23)31)14-24-25(32)28-26(34-24)30-21(18-8-10-19(27)11-9-18)15-20(29-30)17-5-3-2-4-6-17/h2-14,21,31H,15H2,1H3/b24-14-/t21-/m1/s1. The van der Waals surface area contributed by atoms with E-state index in [4.69, 9.17) is 21.4 Å². The van der Waals surface area contributed by atoms with Crippen LogP contribution >= 0.6 is 23.4 Å². The minimum absolute atomic E-state index is 0.0395. The van der Waals surface area contributed by atoms with Gasteiger partial charge in [0.05, 0.1) is 23.8 Å². The summed E-state index contributed by atoms with van der Waals surface area (Å²) in [5, 5.41) is 17.7. The van der Waals surface area contributed by atoms with E-state index in [1.54, 1.807) is 18.2 Å². The van der Waals surface area contributed by atoms with E-state index in [-0.39, 0.29) is 17.7 Å². The summed E-state index contributed by atoms with van der Waals surface area (Å²) in [6, 6.07) is 22.5. The highest BCUT2D eigenvalue weighted by molar-refractivity contribution is 8.18. The summed E-state index contributed by atoms with van der Waals surface area (Å²) in [6.45, 7) is 0. The van der Waals surface area contributed by atoms with Crippen molar-refractivity contribution < 1.29 is 14.6 Å². The first-order valence-corrected chi connectivity index (χ1v) is 11.8. The Morgan fingerprint density at radius 3 is 2.62 bits per heavy atom. The molecule has 0 spiro atoms. The first-order chi connectivity index (χ1) is 16.5. The van der Waals surface area contributed by atoms with E-state index in [0.29, 0.717) is 27.3 Å². The number of aliphatic imine (C=N–C) groups is 1. The van der Waals surface area contributed by atoms with E-state index < -0.39 is 0 Å². The van der Waals surface area contributed by atoms with E-state index in [1.165, 1.54) is 24.9 Å². The Morgan fingerprint density at radius 2 is 1.88 bits per heavy atom. The molecular weight excluding hydrogens is 470 g/mol. The fourth-order valence-corrected chi connectivity index (χ4v) is 4.91. The number of ether oxygens (including phenoxy) is 1. The molecule has 2 heterocycles. The van der Waals surface area contributed by atoms with Crippen molar-refractivity contribution in [1.29, 1.82) is 0 Å². The maximum absolute atomic E-state index is 12.8. The molecule has 2 aliphatic rings. The molecule has 0 unspecified atom stereocenters. The van der Waals surface area contributed by atoms with Crippen molar-refractivity contribution in [3.05, 3.63) is 99.4 Å². The van der Waals surface area contributed by atoms with Gasteiger partial charge < -0.3 is 9.84 Å².